The van der Waals surface area contributed by atoms with Crippen LogP contribution >= 0.6 is 0 Å². The quantitative estimate of drug-likeness (QED) is 0.580. The summed E-state index contributed by atoms with van der Waals surface area (Å²) in [5.74, 6) is 0.577. The van der Waals surface area contributed by atoms with Crippen molar-refractivity contribution in [1.29, 1.82) is 5.41 Å². The van der Waals surface area contributed by atoms with E-state index in [2.05, 4.69) is 10.3 Å². The van der Waals surface area contributed by atoms with Crippen LogP contribution in [0.1, 0.15) is 23.6 Å². The number of benzene rings is 2. The van der Waals surface area contributed by atoms with Crippen LogP contribution in [0.15, 0.2) is 71.2 Å². The fourth-order valence-electron chi connectivity index (χ4n) is 3.46. The van der Waals surface area contributed by atoms with E-state index in [0.717, 1.165) is 22.4 Å². The number of methoxy groups -OCH3 is 1. The molecular weight excluding hydrogens is 376 g/mol. The lowest BCUT2D eigenvalue weighted by molar-refractivity contribution is -0.132. The summed E-state index contributed by atoms with van der Waals surface area (Å²) in [6, 6.07) is 15.8. The molecule has 1 aliphatic rings. The van der Waals surface area contributed by atoms with Crippen LogP contribution in [0.4, 0.5) is 5.69 Å². The number of rotatable bonds is 5. The number of carbonyl (C=O) groups is 1. The topological polar surface area (TPSA) is 77.8 Å². The molecule has 0 aliphatic carbocycles. The van der Waals surface area contributed by atoms with Crippen LogP contribution in [0.2, 0.25) is 0 Å². The van der Waals surface area contributed by atoms with E-state index in [0.29, 0.717) is 22.9 Å². The van der Waals surface area contributed by atoms with Gasteiger partial charge in [-0.15, -0.1) is 0 Å². The molecule has 0 radical (unpaired) electrons. The van der Waals surface area contributed by atoms with Crippen molar-refractivity contribution in [2.24, 2.45) is 4.99 Å². The molecule has 30 heavy (non-hydrogen) atoms. The van der Waals surface area contributed by atoms with Gasteiger partial charge in [0.05, 0.1) is 7.11 Å². The third kappa shape index (κ3) is 4.17. The number of ether oxygens (including phenoxy) is 1. The number of carbonyl (C=O) groups excluding carboxylic acids is 1. The summed E-state index contributed by atoms with van der Waals surface area (Å²) >= 11 is 0. The van der Waals surface area contributed by atoms with Crippen LogP contribution in [0, 0.1) is 19.3 Å². The Labute approximate surface area is 177 Å². The van der Waals surface area contributed by atoms with Crippen LogP contribution in [-0.2, 0) is 9.53 Å². The Hall–Kier alpha value is -3.67. The second kappa shape index (κ2) is 8.78. The Balaban J connectivity index is 2.20. The van der Waals surface area contributed by atoms with Crippen molar-refractivity contribution in [2.45, 2.75) is 20.8 Å². The van der Waals surface area contributed by atoms with Crippen LogP contribution in [-0.4, -0.2) is 31.6 Å². The number of hydrogen-bond donors (Lipinski definition) is 2. The summed E-state index contributed by atoms with van der Waals surface area (Å²) in [5.41, 5.74) is 5.13. The standard InChI is InChI=1S/C24H26N4O2/c1-15-10-9-11-16(2)21(15)22(17(3)25)23-26-19(24(29)30-5)14-20(27-23)28(4)18-12-7-6-8-13-18/h6-14,25,27H,1-5H3/b23-22+,25-17?. The first-order valence-electron chi connectivity index (χ1n) is 9.64. The van der Waals surface area contributed by atoms with Gasteiger partial charge in [0.25, 0.3) is 0 Å². The number of aryl methyl sites for hydroxylation is 2. The van der Waals surface area contributed by atoms with Crippen LogP contribution in [0.3, 0.4) is 0 Å². The zero-order valence-electron chi connectivity index (χ0n) is 17.9. The third-order valence-corrected chi connectivity index (χ3v) is 4.99. The highest BCUT2D eigenvalue weighted by Gasteiger charge is 2.24. The zero-order valence-corrected chi connectivity index (χ0v) is 17.9. The lowest BCUT2D eigenvalue weighted by Crippen LogP contribution is -2.34. The van der Waals surface area contributed by atoms with E-state index in [1.165, 1.54) is 7.11 Å². The summed E-state index contributed by atoms with van der Waals surface area (Å²) < 4.78 is 4.93. The van der Waals surface area contributed by atoms with Gasteiger partial charge < -0.3 is 20.4 Å². The van der Waals surface area contributed by atoms with E-state index < -0.39 is 5.97 Å². The molecule has 154 valence electrons. The Bertz CT molecular complexity index is 1060. The molecule has 0 bridgehead atoms. The largest absolute Gasteiger partial charge is 0.464 e. The Morgan fingerprint density at radius 1 is 1.07 bits per heavy atom. The van der Waals surface area contributed by atoms with Gasteiger partial charge in [0, 0.05) is 30.1 Å². The van der Waals surface area contributed by atoms with Crippen molar-refractivity contribution in [1.82, 2.24) is 5.32 Å². The van der Waals surface area contributed by atoms with Gasteiger partial charge in [0.15, 0.2) is 5.71 Å². The average Bonchev–Trinajstić information content (AvgIpc) is 2.75. The Kier molecular flexibility index (Phi) is 6.16. The first-order valence-corrected chi connectivity index (χ1v) is 9.64. The van der Waals surface area contributed by atoms with Crippen molar-refractivity contribution in [2.75, 3.05) is 19.1 Å². The predicted octanol–water partition coefficient (Wildman–Crippen LogP) is 4.21. The number of nitrogens with zero attached hydrogens (tertiary/aromatic N) is 2. The minimum absolute atomic E-state index is 0.175. The fraction of sp³-hybridized carbons (Fsp3) is 0.208. The van der Waals surface area contributed by atoms with Gasteiger partial charge in [-0.3, -0.25) is 0 Å². The molecule has 2 N–H and O–H groups in total. The maximum atomic E-state index is 12.4. The molecule has 0 aromatic heterocycles. The summed E-state index contributed by atoms with van der Waals surface area (Å²) in [4.78, 5) is 18.8. The van der Waals surface area contributed by atoms with Crippen molar-refractivity contribution < 1.29 is 9.53 Å². The lowest BCUT2D eigenvalue weighted by Gasteiger charge is -2.28. The monoisotopic (exact) mass is 402 g/mol. The molecule has 1 heterocycles. The molecule has 6 nitrogen and oxygen atoms in total. The smallest absolute Gasteiger partial charge is 0.356 e. The molecule has 6 heteroatoms. The normalized spacial score (nSPS) is 14.8. The van der Waals surface area contributed by atoms with Gasteiger partial charge >= 0.3 is 5.97 Å². The minimum atomic E-state index is -0.531. The highest BCUT2D eigenvalue weighted by molar-refractivity contribution is 6.42. The number of nitrogens with one attached hydrogen (secondary N) is 2. The number of aliphatic imine (C=N–C) groups is 1. The summed E-state index contributed by atoms with van der Waals surface area (Å²) in [6.07, 6.45) is 1.66. The number of esters is 1. The molecule has 2 aromatic carbocycles. The molecule has 0 fully saturated rings. The van der Waals surface area contributed by atoms with E-state index in [4.69, 9.17) is 10.1 Å². The molecule has 1 aliphatic heterocycles. The van der Waals surface area contributed by atoms with Crippen molar-refractivity contribution in [3.63, 3.8) is 0 Å². The van der Waals surface area contributed by atoms with Crippen LogP contribution in [0.25, 0.3) is 5.57 Å². The molecule has 0 atom stereocenters. The second-order valence-electron chi connectivity index (χ2n) is 7.15. The minimum Gasteiger partial charge on any atom is -0.464 e. The van der Waals surface area contributed by atoms with Crippen molar-refractivity contribution in [3.8, 4) is 0 Å². The Morgan fingerprint density at radius 3 is 2.27 bits per heavy atom. The first-order chi connectivity index (χ1) is 14.3. The van der Waals surface area contributed by atoms with E-state index >= 15 is 0 Å². The van der Waals surface area contributed by atoms with E-state index in [1.807, 2.05) is 74.3 Å². The van der Waals surface area contributed by atoms with E-state index in [9.17, 15) is 4.79 Å². The SMILES string of the molecule is COC(=O)C1=N/C(=C(/C(C)=N)c2c(C)cccc2C)NC(N(C)c2ccccc2)=C1. The van der Waals surface area contributed by atoms with Gasteiger partial charge in [0.1, 0.15) is 11.6 Å². The average molecular weight is 402 g/mol. The summed E-state index contributed by atoms with van der Waals surface area (Å²) in [7, 11) is 3.24. The van der Waals surface area contributed by atoms with E-state index in [-0.39, 0.29) is 5.71 Å². The second-order valence-corrected chi connectivity index (χ2v) is 7.15. The van der Waals surface area contributed by atoms with Gasteiger partial charge in [0.2, 0.25) is 0 Å². The summed E-state index contributed by atoms with van der Waals surface area (Å²) in [5, 5.41) is 11.8. The van der Waals surface area contributed by atoms with Crippen molar-refractivity contribution in [3.05, 3.63) is 82.9 Å². The third-order valence-electron chi connectivity index (χ3n) is 4.99. The molecule has 0 amide bonds. The molecule has 0 unspecified atom stereocenters. The maximum Gasteiger partial charge on any atom is 0.356 e. The highest BCUT2D eigenvalue weighted by atomic mass is 16.5. The van der Waals surface area contributed by atoms with Crippen LogP contribution in [0.5, 0.6) is 0 Å². The van der Waals surface area contributed by atoms with E-state index in [1.54, 1.807) is 13.0 Å². The van der Waals surface area contributed by atoms with Crippen molar-refractivity contribution >= 4 is 28.7 Å². The maximum absolute atomic E-state index is 12.4. The molecular formula is C24H26N4O2. The highest BCUT2D eigenvalue weighted by Crippen LogP contribution is 2.29. The van der Waals surface area contributed by atoms with Gasteiger partial charge in [-0.25, -0.2) is 9.79 Å². The predicted molar refractivity (Wildman–Crippen MR) is 122 cm³/mol. The number of para-hydroxylation sites is 1. The fourth-order valence-corrected chi connectivity index (χ4v) is 3.46. The number of allylic oxidation sites excluding steroid dienone is 1. The molecule has 2 aromatic rings. The molecule has 0 spiro atoms. The molecule has 0 saturated carbocycles. The lowest BCUT2D eigenvalue weighted by atomic mass is 9.92. The van der Waals surface area contributed by atoms with Gasteiger partial charge in [-0.1, -0.05) is 36.4 Å². The number of hydrogen-bond acceptors (Lipinski definition) is 6. The first kappa shape index (κ1) is 21.0. The van der Waals surface area contributed by atoms with Gasteiger partial charge in [-0.2, -0.15) is 0 Å². The van der Waals surface area contributed by atoms with Gasteiger partial charge in [-0.05, 0) is 49.6 Å². The Morgan fingerprint density at radius 2 is 1.70 bits per heavy atom. The van der Waals surface area contributed by atoms with Crippen LogP contribution < -0.4 is 10.2 Å². The number of anilines is 1. The summed E-state index contributed by atoms with van der Waals surface area (Å²) in [6.45, 7) is 5.74. The zero-order chi connectivity index (χ0) is 21.8. The molecule has 0 saturated heterocycles. The molecule has 3 rings (SSSR count).